The Balaban J connectivity index is 1.80. The van der Waals surface area contributed by atoms with Gasteiger partial charge >= 0.3 is 6.18 Å². The maximum atomic E-state index is 13.9. The predicted molar refractivity (Wildman–Crippen MR) is 106 cm³/mol. The van der Waals surface area contributed by atoms with Gasteiger partial charge in [0.05, 0.1) is 23.5 Å². The SMILES string of the molecule is CC(NS(=O)(=O)c1cnc(-c2c(C#N)c3cc(F)ccc3n2C2CCC2)nc1)C(F)(F)F. The highest BCUT2D eigenvalue weighted by atomic mass is 32.2. The summed E-state index contributed by atoms with van der Waals surface area (Å²) in [5, 5.41) is 10.1. The third kappa shape index (κ3) is 3.82. The molecule has 0 saturated heterocycles. The van der Waals surface area contributed by atoms with E-state index in [1.807, 2.05) is 4.57 Å². The highest BCUT2D eigenvalue weighted by Gasteiger charge is 2.39. The highest BCUT2D eigenvalue weighted by molar-refractivity contribution is 7.89. The first-order valence-electron chi connectivity index (χ1n) is 9.68. The molecule has 7 nitrogen and oxygen atoms in total. The van der Waals surface area contributed by atoms with Gasteiger partial charge in [-0.05, 0) is 44.4 Å². The maximum Gasteiger partial charge on any atom is 0.404 e. The van der Waals surface area contributed by atoms with Gasteiger partial charge in [0.15, 0.2) is 5.82 Å². The molecule has 4 rings (SSSR count). The Morgan fingerprint density at radius 1 is 1.25 bits per heavy atom. The third-order valence-electron chi connectivity index (χ3n) is 5.49. The summed E-state index contributed by atoms with van der Waals surface area (Å²) in [6, 6.07) is 3.89. The normalized spacial score (nSPS) is 16.0. The zero-order valence-electron chi connectivity index (χ0n) is 16.7. The van der Waals surface area contributed by atoms with Crippen LogP contribution < -0.4 is 4.72 Å². The lowest BCUT2D eigenvalue weighted by molar-refractivity contribution is -0.147. The molecule has 0 bridgehead atoms. The second-order valence-electron chi connectivity index (χ2n) is 7.58. The van der Waals surface area contributed by atoms with Gasteiger partial charge in [-0.2, -0.15) is 23.2 Å². The fourth-order valence-corrected chi connectivity index (χ4v) is 4.71. The summed E-state index contributed by atoms with van der Waals surface area (Å²) in [4.78, 5) is 7.52. The van der Waals surface area contributed by atoms with Crippen molar-refractivity contribution < 1.29 is 26.0 Å². The van der Waals surface area contributed by atoms with Crippen LogP contribution >= 0.6 is 0 Å². The van der Waals surface area contributed by atoms with E-state index in [1.165, 1.54) is 16.9 Å². The molecule has 168 valence electrons. The molecule has 1 saturated carbocycles. The van der Waals surface area contributed by atoms with Crippen molar-refractivity contribution in [3.8, 4) is 17.6 Å². The predicted octanol–water partition coefficient (Wildman–Crippen LogP) is 4.06. The smallest absolute Gasteiger partial charge is 0.334 e. The molecule has 0 radical (unpaired) electrons. The molecule has 1 aliphatic rings. The molecular formula is C20H17F4N5O2S. The van der Waals surface area contributed by atoms with Crippen LogP contribution in [0.5, 0.6) is 0 Å². The molecule has 0 spiro atoms. The number of hydrogen-bond acceptors (Lipinski definition) is 5. The molecule has 32 heavy (non-hydrogen) atoms. The summed E-state index contributed by atoms with van der Waals surface area (Å²) in [6.45, 7) is 0.683. The first kappa shape index (κ1) is 22.2. The minimum absolute atomic E-state index is 0.0212. The molecule has 1 aromatic carbocycles. The van der Waals surface area contributed by atoms with Crippen molar-refractivity contribution in [3.63, 3.8) is 0 Å². The van der Waals surface area contributed by atoms with Gasteiger partial charge in [-0.3, -0.25) is 0 Å². The molecule has 1 atom stereocenters. The van der Waals surface area contributed by atoms with E-state index in [4.69, 9.17) is 0 Å². The van der Waals surface area contributed by atoms with Crippen molar-refractivity contribution in [1.29, 1.82) is 5.26 Å². The van der Waals surface area contributed by atoms with E-state index >= 15 is 0 Å². The van der Waals surface area contributed by atoms with Crippen molar-refractivity contribution in [2.24, 2.45) is 0 Å². The number of fused-ring (bicyclic) bond motifs is 1. The quantitative estimate of drug-likeness (QED) is 0.571. The molecule has 1 unspecified atom stereocenters. The Bertz CT molecular complexity index is 1320. The number of sulfonamides is 1. The number of nitriles is 1. The molecule has 1 aliphatic carbocycles. The van der Waals surface area contributed by atoms with Crippen LogP contribution in [-0.2, 0) is 10.0 Å². The first-order valence-corrected chi connectivity index (χ1v) is 11.2. The van der Waals surface area contributed by atoms with Gasteiger partial charge in [0.1, 0.15) is 28.5 Å². The number of benzene rings is 1. The zero-order valence-corrected chi connectivity index (χ0v) is 17.5. The Labute approximate surface area is 180 Å². The summed E-state index contributed by atoms with van der Waals surface area (Å²) in [7, 11) is -4.52. The summed E-state index contributed by atoms with van der Waals surface area (Å²) in [5.74, 6) is -0.494. The summed E-state index contributed by atoms with van der Waals surface area (Å²) in [6.07, 6.45) is -0.325. The van der Waals surface area contributed by atoms with Gasteiger partial charge in [-0.25, -0.2) is 22.8 Å². The Morgan fingerprint density at radius 3 is 2.44 bits per heavy atom. The molecule has 0 amide bonds. The molecule has 2 heterocycles. The lowest BCUT2D eigenvalue weighted by Crippen LogP contribution is -2.43. The van der Waals surface area contributed by atoms with E-state index in [-0.39, 0.29) is 17.4 Å². The fraction of sp³-hybridized carbons (Fsp3) is 0.350. The third-order valence-corrected chi connectivity index (χ3v) is 6.99. The van der Waals surface area contributed by atoms with Gasteiger partial charge in [0, 0.05) is 11.4 Å². The number of halogens is 4. The first-order chi connectivity index (χ1) is 15.0. The van der Waals surface area contributed by atoms with E-state index in [0.29, 0.717) is 23.5 Å². The van der Waals surface area contributed by atoms with E-state index in [9.17, 15) is 31.2 Å². The minimum atomic E-state index is -4.76. The molecule has 12 heteroatoms. The lowest BCUT2D eigenvalue weighted by atomic mass is 9.92. The molecular weight excluding hydrogens is 450 g/mol. The average Bonchev–Trinajstić information content (AvgIpc) is 2.99. The van der Waals surface area contributed by atoms with Gasteiger partial charge in [-0.15, -0.1) is 0 Å². The molecule has 3 aromatic rings. The van der Waals surface area contributed by atoms with Crippen LogP contribution in [0, 0.1) is 17.1 Å². The van der Waals surface area contributed by atoms with E-state index in [1.54, 1.807) is 6.07 Å². The van der Waals surface area contributed by atoms with Gasteiger partial charge < -0.3 is 4.57 Å². The van der Waals surface area contributed by atoms with E-state index in [2.05, 4.69) is 16.0 Å². The van der Waals surface area contributed by atoms with E-state index in [0.717, 1.165) is 31.7 Å². The largest absolute Gasteiger partial charge is 0.404 e. The van der Waals surface area contributed by atoms with Crippen molar-refractivity contribution >= 4 is 20.9 Å². The topological polar surface area (TPSA) is 101 Å². The summed E-state index contributed by atoms with van der Waals surface area (Å²) >= 11 is 0. The Hall–Kier alpha value is -3.04. The van der Waals surface area contributed by atoms with Crippen LogP contribution in [0.1, 0.15) is 37.8 Å². The molecule has 0 aliphatic heterocycles. The van der Waals surface area contributed by atoms with Crippen molar-refractivity contribution in [2.45, 2.75) is 49.3 Å². The number of nitrogens with zero attached hydrogens (tertiary/aromatic N) is 4. The highest BCUT2D eigenvalue weighted by Crippen LogP contribution is 2.41. The standard InChI is InChI=1S/C20H17F4N5O2S/c1-11(20(22,23)24)28-32(30,31)14-9-26-19(27-10-14)18-16(8-25)15-7-12(21)5-6-17(15)29(18)13-3-2-4-13/h5-7,9-11,13,28H,2-4H2,1H3. The summed E-state index contributed by atoms with van der Waals surface area (Å²) in [5.41, 5.74) is 1.09. The molecule has 1 N–H and O–H groups in total. The second kappa shape index (κ2) is 7.83. The average molecular weight is 467 g/mol. The number of alkyl halides is 3. The monoisotopic (exact) mass is 467 g/mol. The Kier molecular flexibility index (Phi) is 5.42. The zero-order chi connectivity index (χ0) is 23.3. The molecule has 2 aromatic heterocycles. The number of aromatic nitrogens is 3. The van der Waals surface area contributed by atoms with Crippen LogP contribution in [0.25, 0.3) is 22.4 Å². The van der Waals surface area contributed by atoms with Crippen LogP contribution in [0.4, 0.5) is 17.6 Å². The van der Waals surface area contributed by atoms with Crippen LogP contribution in [-0.4, -0.2) is 35.2 Å². The van der Waals surface area contributed by atoms with Gasteiger partial charge in [0.25, 0.3) is 0 Å². The van der Waals surface area contributed by atoms with Crippen LogP contribution in [0.3, 0.4) is 0 Å². The molecule has 1 fully saturated rings. The van der Waals surface area contributed by atoms with Crippen LogP contribution in [0.15, 0.2) is 35.5 Å². The number of nitrogens with one attached hydrogen (secondary N) is 1. The Morgan fingerprint density at radius 2 is 1.91 bits per heavy atom. The van der Waals surface area contributed by atoms with E-state index < -0.39 is 33.0 Å². The fourth-order valence-electron chi connectivity index (χ4n) is 3.59. The van der Waals surface area contributed by atoms with Crippen molar-refractivity contribution in [3.05, 3.63) is 42.0 Å². The lowest BCUT2D eigenvalue weighted by Gasteiger charge is -2.29. The van der Waals surface area contributed by atoms with Crippen LogP contribution in [0.2, 0.25) is 0 Å². The van der Waals surface area contributed by atoms with Gasteiger partial charge in [0.2, 0.25) is 10.0 Å². The van der Waals surface area contributed by atoms with Crippen molar-refractivity contribution in [2.75, 3.05) is 0 Å². The second-order valence-corrected chi connectivity index (χ2v) is 9.29. The summed E-state index contributed by atoms with van der Waals surface area (Å²) < 4.78 is 80.0. The van der Waals surface area contributed by atoms with Crippen molar-refractivity contribution in [1.82, 2.24) is 19.3 Å². The van der Waals surface area contributed by atoms with Gasteiger partial charge in [-0.1, -0.05) is 0 Å². The number of rotatable bonds is 5. The number of hydrogen-bond donors (Lipinski definition) is 1. The maximum absolute atomic E-state index is 13.9. The minimum Gasteiger partial charge on any atom is -0.334 e.